The van der Waals surface area contributed by atoms with Gasteiger partial charge < -0.3 is 5.32 Å². The van der Waals surface area contributed by atoms with Crippen LogP contribution in [0.2, 0.25) is 10.0 Å². The Hall–Kier alpha value is -1.50. The van der Waals surface area contributed by atoms with Gasteiger partial charge in [-0.05, 0) is 49.5 Å². The summed E-state index contributed by atoms with van der Waals surface area (Å²) >= 11 is 11.7. The van der Waals surface area contributed by atoms with Crippen molar-refractivity contribution in [2.75, 3.05) is 5.32 Å². The number of carbonyl (C=O) groups excluding carboxylic acids is 1. The van der Waals surface area contributed by atoms with Gasteiger partial charge in [0.05, 0.1) is 10.0 Å². The lowest BCUT2D eigenvalue weighted by Gasteiger charge is -2.07. The Kier molecular flexibility index (Phi) is 4.47. The van der Waals surface area contributed by atoms with Crippen LogP contribution in [0.3, 0.4) is 0 Å². The summed E-state index contributed by atoms with van der Waals surface area (Å²) in [5, 5.41) is 12.6. The summed E-state index contributed by atoms with van der Waals surface area (Å²) in [6, 6.07) is 6.82. The molecule has 0 aromatic heterocycles. The number of anilines is 1. The molecule has 0 radical (unpaired) electrons. The molecule has 0 aliphatic heterocycles. The number of allylic oxidation sites excluding steroid dienone is 1. The second-order valence-electron chi connectivity index (χ2n) is 4.38. The van der Waals surface area contributed by atoms with E-state index in [0.29, 0.717) is 15.7 Å². The van der Waals surface area contributed by atoms with E-state index in [9.17, 15) is 4.79 Å². The van der Waals surface area contributed by atoms with Gasteiger partial charge in [0, 0.05) is 5.69 Å². The molecule has 1 N–H and O–H groups in total. The Bertz CT molecular complexity index is 580. The van der Waals surface area contributed by atoms with Gasteiger partial charge in [0.1, 0.15) is 11.6 Å². The van der Waals surface area contributed by atoms with Gasteiger partial charge in [0.2, 0.25) is 0 Å². The quantitative estimate of drug-likeness (QED) is 0.652. The summed E-state index contributed by atoms with van der Waals surface area (Å²) in [6.45, 7) is 0. The number of hydrogen-bond donors (Lipinski definition) is 1. The van der Waals surface area contributed by atoms with Crippen molar-refractivity contribution in [1.82, 2.24) is 0 Å². The molecule has 19 heavy (non-hydrogen) atoms. The molecule has 0 atom stereocenters. The van der Waals surface area contributed by atoms with Crippen molar-refractivity contribution in [3.8, 4) is 6.07 Å². The molecule has 1 amide bonds. The van der Waals surface area contributed by atoms with Crippen LogP contribution in [0.15, 0.2) is 29.3 Å². The maximum atomic E-state index is 12.1. The number of carbonyl (C=O) groups is 1. The van der Waals surface area contributed by atoms with Crippen molar-refractivity contribution in [2.45, 2.75) is 25.7 Å². The molecule has 1 aromatic carbocycles. The summed E-state index contributed by atoms with van der Waals surface area (Å²) in [5.74, 6) is -0.377. The summed E-state index contributed by atoms with van der Waals surface area (Å²) in [4.78, 5) is 12.1. The summed E-state index contributed by atoms with van der Waals surface area (Å²) in [6.07, 6.45) is 3.75. The first kappa shape index (κ1) is 13.9. The zero-order valence-electron chi connectivity index (χ0n) is 10.2. The van der Waals surface area contributed by atoms with E-state index >= 15 is 0 Å². The highest BCUT2D eigenvalue weighted by atomic mass is 35.5. The molecule has 0 unspecified atom stereocenters. The monoisotopic (exact) mass is 294 g/mol. The Morgan fingerprint density at radius 3 is 2.47 bits per heavy atom. The first-order valence-corrected chi connectivity index (χ1v) is 6.76. The summed E-state index contributed by atoms with van der Waals surface area (Å²) < 4.78 is 0. The van der Waals surface area contributed by atoms with E-state index in [2.05, 4.69) is 5.32 Å². The number of benzene rings is 1. The second kappa shape index (κ2) is 6.10. The van der Waals surface area contributed by atoms with Gasteiger partial charge in [-0.3, -0.25) is 4.79 Å². The predicted molar refractivity (Wildman–Crippen MR) is 76.2 cm³/mol. The number of nitriles is 1. The van der Waals surface area contributed by atoms with Crippen LogP contribution in [-0.2, 0) is 4.79 Å². The van der Waals surface area contributed by atoms with Crippen molar-refractivity contribution < 1.29 is 4.79 Å². The second-order valence-corrected chi connectivity index (χ2v) is 5.19. The third-order valence-corrected chi connectivity index (χ3v) is 3.82. The number of hydrogen-bond acceptors (Lipinski definition) is 2. The van der Waals surface area contributed by atoms with Crippen molar-refractivity contribution in [3.63, 3.8) is 0 Å². The van der Waals surface area contributed by atoms with Crippen LogP contribution in [-0.4, -0.2) is 5.91 Å². The fourth-order valence-electron chi connectivity index (χ4n) is 2.11. The number of halogens is 2. The van der Waals surface area contributed by atoms with Gasteiger partial charge in [-0.1, -0.05) is 23.2 Å². The molecule has 0 saturated heterocycles. The van der Waals surface area contributed by atoms with Crippen molar-refractivity contribution in [2.24, 2.45) is 0 Å². The zero-order chi connectivity index (χ0) is 13.8. The van der Waals surface area contributed by atoms with Crippen LogP contribution >= 0.6 is 23.2 Å². The minimum Gasteiger partial charge on any atom is -0.321 e. The average Bonchev–Trinajstić information content (AvgIpc) is 2.88. The van der Waals surface area contributed by atoms with Gasteiger partial charge in [0.15, 0.2) is 0 Å². The van der Waals surface area contributed by atoms with E-state index in [0.717, 1.165) is 31.3 Å². The molecule has 0 spiro atoms. The van der Waals surface area contributed by atoms with Crippen LogP contribution in [0.5, 0.6) is 0 Å². The molecule has 0 bridgehead atoms. The van der Waals surface area contributed by atoms with Crippen molar-refractivity contribution >= 4 is 34.8 Å². The minimum atomic E-state index is -0.377. The number of nitrogens with one attached hydrogen (secondary N) is 1. The number of rotatable bonds is 2. The minimum absolute atomic E-state index is 0.226. The fraction of sp³-hybridized carbons (Fsp3) is 0.286. The van der Waals surface area contributed by atoms with Crippen molar-refractivity contribution in [3.05, 3.63) is 39.4 Å². The van der Waals surface area contributed by atoms with Crippen LogP contribution in [0.25, 0.3) is 0 Å². The third-order valence-electron chi connectivity index (χ3n) is 3.08. The predicted octanol–water partition coefficient (Wildman–Crippen LogP) is 4.33. The largest absolute Gasteiger partial charge is 0.321 e. The Balaban J connectivity index is 2.18. The van der Waals surface area contributed by atoms with Crippen LogP contribution < -0.4 is 5.32 Å². The van der Waals surface area contributed by atoms with E-state index in [-0.39, 0.29) is 11.5 Å². The maximum absolute atomic E-state index is 12.1. The molecule has 1 aromatic rings. The highest BCUT2D eigenvalue weighted by molar-refractivity contribution is 6.42. The standard InChI is InChI=1S/C14H12Cl2N2O/c15-12-6-5-10(7-13(12)16)18-14(19)11(8-17)9-3-1-2-4-9/h5-7H,1-4H2,(H,18,19). The van der Waals surface area contributed by atoms with E-state index in [1.54, 1.807) is 18.2 Å². The summed E-state index contributed by atoms with van der Waals surface area (Å²) in [5.41, 5.74) is 1.70. The first-order valence-electron chi connectivity index (χ1n) is 6.00. The molecule has 98 valence electrons. The molecule has 1 aliphatic carbocycles. The first-order chi connectivity index (χ1) is 9.11. The Morgan fingerprint density at radius 2 is 1.89 bits per heavy atom. The number of amides is 1. The zero-order valence-corrected chi connectivity index (χ0v) is 11.7. The fourth-order valence-corrected chi connectivity index (χ4v) is 2.41. The normalized spacial score (nSPS) is 14.1. The average molecular weight is 295 g/mol. The third kappa shape index (κ3) is 3.28. The molecule has 2 rings (SSSR count). The van der Waals surface area contributed by atoms with Crippen LogP contribution in [0.1, 0.15) is 25.7 Å². The molecule has 1 fully saturated rings. The molecular weight excluding hydrogens is 283 g/mol. The molecule has 3 nitrogen and oxygen atoms in total. The van der Waals surface area contributed by atoms with Gasteiger partial charge in [-0.2, -0.15) is 5.26 Å². The van der Waals surface area contributed by atoms with Gasteiger partial charge in [-0.25, -0.2) is 0 Å². The van der Waals surface area contributed by atoms with Crippen molar-refractivity contribution in [1.29, 1.82) is 5.26 Å². The Morgan fingerprint density at radius 1 is 1.21 bits per heavy atom. The van der Waals surface area contributed by atoms with Gasteiger partial charge in [0.25, 0.3) is 5.91 Å². The van der Waals surface area contributed by atoms with E-state index in [4.69, 9.17) is 28.5 Å². The molecule has 1 aliphatic rings. The van der Waals surface area contributed by atoms with Crippen LogP contribution in [0, 0.1) is 11.3 Å². The topological polar surface area (TPSA) is 52.9 Å². The lowest BCUT2D eigenvalue weighted by molar-refractivity contribution is -0.112. The Labute approximate surface area is 121 Å². The molecular formula is C14H12Cl2N2O. The SMILES string of the molecule is N#CC(C(=O)Nc1ccc(Cl)c(Cl)c1)=C1CCCC1. The highest BCUT2D eigenvalue weighted by Crippen LogP contribution is 2.28. The maximum Gasteiger partial charge on any atom is 0.266 e. The lowest BCUT2D eigenvalue weighted by Crippen LogP contribution is -2.15. The van der Waals surface area contributed by atoms with Gasteiger partial charge in [-0.15, -0.1) is 0 Å². The van der Waals surface area contributed by atoms with E-state index in [1.807, 2.05) is 6.07 Å². The molecule has 1 saturated carbocycles. The summed E-state index contributed by atoms with van der Waals surface area (Å²) in [7, 11) is 0. The van der Waals surface area contributed by atoms with E-state index in [1.165, 1.54) is 0 Å². The van der Waals surface area contributed by atoms with Crippen LogP contribution in [0.4, 0.5) is 5.69 Å². The number of nitrogens with zero attached hydrogens (tertiary/aromatic N) is 1. The molecule has 5 heteroatoms. The van der Waals surface area contributed by atoms with E-state index < -0.39 is 0 Å². The highest BCUT2D eigenvalue weighted by Gasteiger charge is 2.18. The smallest absolute Gasteiger partial charge is 0.266 e. The lowest BCUT2D eigenvalue weighted by atomic mass is 10.1. The van der Waals surface area contributed by atoms with Gasteiger partial charge >= 0.3 is 0 Å². The molecule has 0 heterocycles.